The van der Waals surface area contributed by atoms with Crippen molar-refractivity contribution < 1.29 is 4.42 Å². The summed E-state index contributed by atoms with van der Waals surface area (Å²) in [5, 5.41) is 0. The van der Waals surface area contributed by atoms with Gasteiger partial charge in [0, 0.05) is 0 Å². The second-order valence-electron chi connectivity index (χ2n) is 3.12. The first-order valence-corrected chi connectivity index (χ1v) is 4.02. The number of nitrogens with one attached hydrogen (secondary N) is 1. The van der Waals surface area contributed by atoms with Crippen LogP contribution >= 0.6 is 0 Å². The third-order valence-electron chi connectivity index (χ3n) is 1.76. The molecular weight excluding hydrogens is 170 g/mol. The predicted molar refractivity (Wildman–Crippen MR) is 46.5 cm³/mol. The Morgan fingerprint density at radius 3 is 3.00 bits per heavy atom. The normalized spacial score (nSPS) is 11.3. The molecule has 0 aliphatic carbocycles. The minimum atomic E-state index is -0.518. The number of nitrogens with zero attached hydrogens (tertiary/aromatic N) is 2. The molecule has 5 heteroatoms. The zero-order valence-corrected chi connectivity index (χ0v) is 7.37. The Labute approximate surface area is 73.8 Å². The summed E-state index contributed by atoms with van der Waals surface area (Å²) in [5.41, 5.74) is 1.51. The molecule has 0 spiro atoms. The van der Waals surface area contributed by atoms with E-state index in [-0.39, 0.29) is 11.6 Å². The van der Waals surface area contributed by atoms with Crippen LogP contribution in [0, 0.1) is 0 Å². The summed E-state index contributed by atoms with van der Waals surface area (Å²) in [6.07, 6.45) is 1.61. The molecule has 13 heavy (non-hydrogen) atoms. The zero-order chi connectivity index (χ0) is 9.42. The van der Waals surface area contributed by atoms with Crippen LogP contribution in [0.15, 0.2) is 15.4 Å². The van der Waals surface area contributed by atoms with Gasteiger partial charge in [0.2, 0.25) is 0 Å². The van der Waals surface area contributed by atoms with Gasteiger partial charge in [-0.15, -0.1) is 0 Å². The molecule has 0 bridgehead atoms. The van der Waals surface area contributed by atoms with E-state index in [1.54, 1.807) is 6.20 Å². The van der Waals surface area contributed by atoms with Gasteiger partial charge in [-0.1, -0.05) is 13.8 Å². The second-order valence-corrected chi connectivity index (χ2v) is 3.12. The summed E-state index contributed by atoms with van der Waals surface area (Å²) in [6, 6.07) is 0. The lowest BCUT2D eigenvalue weighted by molar-refractivity contribution is 0.545. The van der Waals surface area contributed by atoms with Crippen molar-refractivity contribution in [1.82, 2.24) is 15.0 Å². The Kier molecular flexibility index (Phi) is 1.65. The molecule has 0 amide bonds. The van der Waals surface area contributed by atoms with E-state index >= 15 is 0 Å². The van der Waals surface area contributed by atoms with Crippen LogP contribution in [0.3, 0.4) is 0 Å². The molecule has 0 aliphatic heterocycles. The number of oxazole rings is 1. The Balaban J connectivity index is 2.68. The molecule has 1 N–H and O–H groups in total. The van der Waals surface area contributed by atoms with E-state index in [0.717, 1.165) is 5.69 Å². The van der Waals surface area contributed by atoms with Crippen molar-refractivity contribution in [2.75, 3.05) is 0 Å². The maximum Gasteiger partial charge on any atom is 0.419 e. The highest BCUT2D eigenvalue weighted by molar-refractivity contribution is 5.61. The largest absolute Gasteiger partial charge is 0.419 e. The molecule has 0 atom stereocenters. The predicted octanol–water partition coefficient (Wildman–Crippen LogP) is 1.03. The van der Waals surface area contributed by atoms with Crippen molar-refractivity contribution in [3.05, 3.63) is 22.4 Å². The van der Waals surface area contributed by atoms with Crippen LogP contribution in [0.2, 0.25) is 0 Å². The third-order valence-corrected chi connectivity index (χ3v) is 1.76. The van der Waals surface area contributed by atoms with Gasteiger partial charge < -0.3 is 4.42 Å². The zero-order valence-electron chi connectivity index (χ0n) is 7.37. The molecule has 0 fully saturated rings. The second kappa shape index (κ2) is 2.69. The van der Waals surface area contributed by atoms with Crippen molar-refractivity contribution in [3.63, 3.8) is 0 Å². The van der Waals surface area contributed by atoms with Gasteiger partial charge in [-0.3, -0.25) is 4.98 Å². The molecule has 2 aromatic heterocycles. The molecule has 2 rings (SSSR count). The van der Waals surface area contributed by atoms with Crippen molar-refractivity contribution in [3.8, 4) is 0 Å². The van der Waals surface area contributed by atoms with Gasteiger partial charge in [0.25, 0.3) is 5.71 Å². The number of rotatable bonds is 1. The summed E-state index contributed by atoms with van der Waals surface area (Å²) in [7, 11) is 0. The average molecular weight is 179 g/mol. The molecule has 0 radical (unpaired) electrons. The number of fused-ring (bicyclic) bond motifs is 1. The minimum Gasteiger partial charge on any atom is -0.387 e. The SMILES string of the molecule is CC(C)c1cnc2oc(=O)[nH]c2n1. The number of hydrogen-bond donors (Lipinski definition) is 1. The van der Waals surface area contributed by atoms with E-state index in [0.29, 0.717) is 5.65 Å². The third kappa shape index (κ3) is 1.32. The summed E-state index contributed by atoms with van der Waals surface area (Å²) < 4.78 is 4.72. The Morgan fingerprint density at radius 1 is 1.54 bits per heavy atom. The standard InChI is InChI=1S/C8H9N3O2/c1-4(2)5-3-9-7-6(10-5)11-8(12)13-7/h3-4H,1-2H3,(H,10,11,12). The maximum absolute atomic E-state index is 10.8. The summed E-state index contributed by atoms with van der Waals surface area (Å²) in [4.78, 5) is 21.4. The van der Waals surface area contributed by atoms with Gasteiger partial charge >= 0.3 is 5.76 Å². The highest BCUT2D eigenvalue weighted by Gasteiger charge is 2.06. The quantitative estimate of drug-likeness (QED) is 0.709. The summed E-state index contributed by atoms with van der Waals surface area (Å²) in [5.74, 6) is -0.230. The summed E-state index contributed by atoms with van der Waals surface area (Å²) >= 11 is 0. The lowest BCUT2D eigenvalue weighted by Gasteiger charge is -2.00. The monoisotopic (exact) mass is 179 g/mol. The number of hydrogen-bond acceptors (Lipinski definition) is 4. The van der Waals surface area contributed by atoms with Crippen LogP contribution in [0.5, 0.6) is 0 Å². The van der Waals surface area contributed by atoms with Gasteiger partial charge in [-0.05, 0) is 5.92 Å². The molecule has 0 aliphatic rings. The van der Waals surface area contributed by atoms with Gasteiger partial charge in [0.15, 0.2) is 5.65 Å². The first-order chi connectivity index (χ1) is 6.16. The van der Waals surface area contributed by atoms with Crippen molar-refractivity contribution in [2.24, 2.45) is 0 Å². The Hall–Kier alpha value is -1.65. The molecule has 0 aromatic carbocycles. The van der Waals surface area contributed by atoms with Gasteiger partial charge in [-0.25, -0.2) is 14.8 Å². The van der Waals surface area contributed by atoms with Crippen molar-refractivity contribution >= 4 is 11.4 Å². The average Bonchev–Trinajstić information content (AvgIpc) is 2.42. The fraction of sp³-hybridized carbons (Fsp3) is 0.375. The lowest BCUT2D eigenvalue weighted by atomic mass is 10.1. The van der Waals surface area contributed by atoms with E-state index in [2.05, 4.69) is 15.0 Å². The van der Waals surface area contributed by atoms with E-state index in [9.17, 15) is 4.79 Å². The molecular formula is C8H9N3O2. The highest BCUT2D eigenvalue weighted by Crippen LogP contribution is 2.12. The number of aromatic nitrogens is 3. The number of H-pyrrole nitrogens is 1. The fourth-order valence-corrected chi connectivity index (χ4v) is 1.04. The minimum absolute atomic E-state index is 0.259. The topological polar surface area (TPSA) is 71.8 Å². The van der Waals surface area contributed by atoms with E-state index in [1.807, 2.05) is 13.8 Å². The molecule has 5 nitrogen and oxygen atoms in total. The van der Waals surface area contributed by atoms with E-state index in [4.69, 9.17) is 4.42 Å². The molecule has 0 saturated carbocycles. The summed E-state index contributed by atoms with van der Waals surface area (Å²) in [6.45, 7) is 4.02. The number of aromatic amines is 1. The smallest absolute Gasteiger partial charge is 0.387 e. The first-order valence-electron chi connectivity index (χ1n) is 4.02. The van der Waals surface area contributed by atoms with Crippen LogP contribution < -0.4 is 5.76 Å². The van der Waals surface area contributed by atoms with Crippen molar-refractivity contribution in [1.29, 1.82) is 0 Å². The van der Waals surface area contributed by atoms with Gasteiger partial charge in [0.05, 0.1) is 11.9 Å². The molecule has 2 heterocycles. The van der Waals surface area contributed by atoms with Crippen molar-refractivity contribution in [2.45, 2.75) is 19.8 Å². The Bertz CT molecular complexity index is 483. The van der Waals surface area contributed by atoms with E-state index < -0.39 is 5.76 Å². The fourth-order valence-electron chi connectivity index (χ4n) is 1.04. The highest BCUT2D eigenvalue weighted by atomic mass is 16.4. The maximum atomic E-state index is 10.8. The molecule has 0 saturated heterocycles. The van der Waals surface area contributed by atoms with Gasteiger partial charge in [0.1, 0.15) is 0 Å². The van der Waals surface area contributed by atoms with Crippen LogP contribution in [-0.4, -0.2) is 15.0 Å². The van der Waals surface area contributed by atoms with Crippen LogP contribution in [0.4, 0.5) is 0 Å². The molecule has 0 unspecified atom stereocenters. The molecule has 68 valence electrons. The molecule has 2 aromatic rings. The van der Waals surface area contributed by atoms with Gasteiger partial charge in [-0.2, -0.15) is 0 Å². The first kappa shape index (κ1) is 7.97. The Morgan fingerprint density at radius 2 is 2.31 bits per heavy atom. The van der Waals surface area contributed by atoms with Crippen LogP contribution in [-0.2, 0) is 0 Å². The van der Waals surface area contributed by atoms with E-state index in [1.165, 1.54) is 0 Å². The van der Waals surface area contributed by atoms with Crippen LogP contribution in [0.25, 0.3) is 11.4 Å². The lowest BCUT2D eigenvalue weighted by Crippen LogP contribution is -1.96. The van der Waals surface area contributed by atoms with Crippen LogP contribution in [0.1, 0.15) is 25.5 Å².